The number of piperidine rings is 1. The van der Waals surface area contributed by atoms with Gasteiger partial charge in [0, 0.05) is 31.4 Å². The van der Waals surface area contributed by atoms with E-state index in [1.807, 2.05) is 53.1 Å². The molecule has 7 nitrogen and oxygen atoms in total. The second-order valence-corrected chi connectivity index (χ2v) is 8.29. The number of hydrogen-bond donors (Lipinski definition) is 2. The van der Waals surface area contributed by atoms with Gasteiger partial charge in [-0.05, 0) is 55.5 Å². The molecule has 1 fully saturated rings. The molecule has 4 rings (SSSR count). The zero-order valence-electron chi connectivity index (χ0n) is 18.8. The van der Waals surface area contributed by atoms with Gasteiger partial charge >= 0.3 is 6.03 Å². The monoisotopic (exact) mass is 433 g/mol. The molecule has 0 radical (unpaired) electrons. The predicted octanol–water partition coefficient (Wildman–Crippen LogP) is 4.16. The summed E-state index contributed by atoms with van der Waals surface area (Å²) in [4.78, 5) is 32.4. The number of urea groups is 1. The van der Waals surface area contributed by atoms with Gasteiger partial charge in [0.1, 0.15) is 0 Å². The Morgan fingerprint density at radius 2 is 1.88 bits per heavy atom. The molecule has 1 saturated heterocycles. The number of rotatable bonds is 6. The minimum Gasteiger partial charge on any atom is -0.352 e. The fourth-order valence-corrected chi connectivity index (χ4v) is 4.29. The minimum atomic E-state index is -0.189. The number of hydrogen-bond acceptors (Lipinski definition) is 4. The minimum absolute atomic E-state index is 0.0366. The van der Waals surface area contributed by atoms with E-state index in [1.54, 1.807) is 0 Å². The fourth-order valence-electron chi connectivity index (χ4n) is 4.29. The summed E-state index contributed by atoms with van der Waals surface area (Å²) < 4.78 is 1.83. The largest absolute Gasteiger partial charge is 0.352 e. The van der Waals surface area contributed by atoms with Crippen LogP contribution in [0.25, 0.3) is 11.0 Å². The third kappa shape index (κ3) is 4.77. The summed E-state index contributed by atoms with van der Waals surface area (Å²) in [5.41, 5.74) is 3.67. The van der Waals surface area contributed by atoms with Crippen LogP contribution in [-0.2, 0) is 13.0 Å². The summed E-state index contributed by atoms with van der Waals surface area (Å²) in [6, 6.07) is 15.6. The van der Waals surface area contributed by atoms with Gasteiger partial charge in [0.15, 0.2) is 5.82 Å². The SMILES string of the molecule is CCCn1c(=O)c(N2CCC(NC(=O)Nc3cccc(CC)c3)CC2)nc2ccccc21. The van der Waals surface area contributed by atoms with E-state index >= 15 is 0 Å². The van der Waals surface area contributed by atoms with Crippen molar-refractivity contribution in [3.8, 4) is 0 Å². The quantitative estimate of drug-likeness (QED) is 0.612. The maximum absolute atomic E-state index is 13.2. The Balaban J connectivity index is 1.41. The Morgan fingerprint density at radius 3 is 2.62 bits per heavy atom. The number of fused-ring (bicyclic) bond motifs is 1. The van der Waals surface area contributed by atoms with Crippen LogP contribution in [0.3, 0.4) is 0 Å². The normalized spacial score (nSPS) is 14.5. The first-order valence-electron chi connectivity index (χ1n) is 11.5. The first-order valence-corrected chi connectivity index (χ1v) is 11.5. The number of nitrogens with zero attached hydrogens (tertiary/aromatic N) is 3. The molecule has 2 amide bonds. The summed E-state index contributed by atoms with van der Waals surface area (Å²) in [7, 11) is 0. The molecule has 7 heteroatoms. The highest BCUT2D eigenvalue weighted by atomic mass is 16.2. The standard InChI is InChI=1S/C25H31N5O2/c1-3-14-30-22-11-6-5-10-21(22)28-23(24(30)31)29-15-12-19(13-16-29)26-25(32)27-20-9-7-8-18(4-2)17-20/h5-11,17,19H,3-4,12-16H2,1-2H3,(H2,26,27,32). The van der Waals surface area contributed by atoms with Gasteiger partial charge in [0.25, 0.3) is 5.56 Å². The Bertz CT molecular complexity index is 1150. The summed E-state index contributed by atoms with van der Waals surface area (Å²) in [6.45, 7) is 6.20. The fraction of sp³-hybridized carbons (Fsp3) is 0.400. The Hall–Kier alpha value is -3.35. The van der Waals surface area contributed by atoms with Crippen LogP contribution in [0.5, 0.6) is 0 Å². The number of anilines is 2. The molecule has 3 aromatic rings. The second kappa shape index (κ2) is 9.85. The first-order chi connectivity index (χ1) is 15.6. The van der Waals surface area contributed by atoms with Gasteiger partial charge in [-0.3, -0.25) is 4.79 Å². The number of benzene rings is 2. The molecule has 0 atom stereocenters. The number of aryl methyl sites for hydroxylation is 2. The van der Waals surface area contributed by atoms with Crippen molar-refractivity contribution < 1.29 is 4.79 Å². The first kappa shape index (κ1) is 21.9. The maximum Gasteiger partial charge on any atom is 0.319 e. The van der Waals surface area contributed by atoms with Crippen LogP contribution in [0.1, 0.15) is 38.7 Å². The maximum atomic E-state index is 13.2. The molecule has 0 aliphatic carbocycles. The molecule has 1 aromatic heterocycles. The molecule has 32 heavy (non-hydrogen) atoms. The summed E-state index contributed by atoms with van der Waals surface area (Å²) >= 11 is 0. The number of carbonyl (C=O) groups is 1. The Labute approximate surface area is 188 Å². The van der Waals surface area contributed by atoms with E-state index in [4.69, 9.17) is 4.98 Å². The van der Waals surface area contributed by atoms with Crippen LogP contribution >= 0.6 is 0 Å². The number of carbonyl (C=O) groups excluding carboxylic acids is 1. The van der Waals surface area contributed by atoms with Gasteiger partial charge < -0.3 is 20.1 Å². The average Bonchev–Trinajstić information content (AvgIpc) is 2.81. The molecule has 0 unspecified atom stereocenters. The van der Waals surface area contributed by atoms with Crippen LogP contribution in [0.2, 0.25) is 0 Å². The van der Waals surface area contributed by atoms with Crippen LogP contribution in [0.15, 0.2) is 53.3 Å². The Morgan fingerprint density at radius 1 is 1.09 bits per heavy atom. The molecular weight excluding hydrogens is 402 g/mol. The van der Waals surface area contributed by atoms with Gasteiger partial charge in [-0.25, -0.2) is 9.78 Å². The summed E-state index contributed by atoms with van der Waals surface area (Å²) in [5.74, 6) is 0.511. The van der Waals surface area contributed by atoms with E-state index in [0.717, 1.165) is 42.4 Å². The molecule has 1 aliphatic heterocycles. The highest BCUT2D eigenvalue weighted by Crippen LogP contribution is 2.19. The number of nitrogens with one attached hydrogen (secondary N) is 2. The van der Waals surface area contributed by atoms with E-state index in [-0.39, 0.29) is 17.6 Å². The van der Waals surface area contributed by atoms with E-state index in [9.17, 15) is 9.59 Å². The number of aromatic nitrogens is 2. The lowest BCUT2D eigenvalue weighted by molar-refractivity contribution is 0.246. The van der Waals surface area contributed by atoms with Crippen LogP contribution < -0.4 is 21.1 Å². The third-order valence-electron chi connectivity index (χ3n) is 6.01. The van der Waals surface area contributed by atoms with E-state index in [2.05, 4.69) is 29.4 Å². The molecule has 0 saturated carbocycles. The molecule has 1 aliphatic rings. The van der Waals surface area contributed by atoms with Crippen molar-refractivity contribution in [1.29, 1.82) is 0 Å². The highest BCUT2D eigenvalue weighted by molar-refractivity contribution is 5.89. The Kier molecular flexibility index (Phi) is 6.73. The van der Waals surface area contributed by atoms with Gasteiger partial charge in [0.2, 0.25) is 0 Å². The topological polar surface area (TPSA) is 79.3 Å². The van der Waals surface area contributed by atoms with Crippen molar-refractivity contribution in [1.82, 2.24) is 14.9 Å². The molecule has 2 heterocycles. The van der Waals surface area contributed by atoms with Gasteiger partial charge in [-0.2, -0.15) is 0 Å². The molecule has 168 valence electrons. The van der Waals surface area contributed by atoms with Crippen molar-refractivity contribution in [3.63, 3.8) is 0 Å². The summed E-state index contributed by atoms with van der Waals surface area (Å²) in [5, 5.41) is 6.00. The van der Waals surface area contributed by atoms with Gasteiger partial charge in [0.05, 0.1) is 11.0 Å². The number of para-hydroxylation sites is 2. The van der Waals surface area contributed by atoms with E-state index in [0.29, 0.717) is 25.5 Å². The molecule has 2 N–H and O–H groups in total. The van der Waals surface area contributed by atoms with Crippen molar-refractivity contribution in [2.75, 3.05) is 23.3 Å². The third-order valence-corrected chi connectivity index (χ3v) is 6.01. The van der Waals surface area contributed by atoms with Crippen LogP contribution in [0, 0.1) is 0 Å². The predicted molar refractivity (Wildman–Crippen MR) is 130 cm³/mol. The highest BCUT2D eigenvalue weighted by Gasteiger charge is 2.24. The van der Waals surface area contributed by atoms with Gasteiger partial charge in [-0.1, -0.05) is 38.1 Å². The van der Waals surface area contributed by atoms with Crippen molar-refractivity contribution >= 4 is 28.6 Å². The zero-order chi connectivity index (χ0) is 22.5. The molecule has 0 spiro atoms. The van der Waals surface area contributed by atoms with Crippen molar-refractivity contribution in [3.05, 3.63) is 64.4 Å². The van der Waals surface area contributed by atoms with Crippen LogP contribution in [0.4, 0.5) is 16.3 Å². The lowest BCUT2D eigenvalue weighted by Crippen LogP contribution is -2.47. The van der Waals surface area contributed by atoms with Gasteiger partial charge in [-0.15, -0.1) is 0 Å². The second-order valence-electron chi connectivity index (χ2n) is 8.29. The number of amides is 2. The van der Waals surface area contributed by atoms with Crippen molar-refractivity contribution in [2.24, 2.45) is 0 Å². The van der Waals surface area contributed by atoms with Crippen LogP contribution in [-0.4, -0.2) is 34.7 Å². The lowest BCUT2D eigenvalue weighted by Gasteiger charge is -2.33. The lowest BCUT2D eigenvalue weighted by atomic mass is 10.1. The molecular formula is C25H31N5O2. The molecule has 0 bridgehead atoms. The molecule has 2 aromatic carbocycles. The average molecular weight is 434 g/mol. The zero-order valence-corrected chi connectivity index (χ0v) is 18.8. The summed E-state index contributed by atoms with van der Waals surface area (Å²) in [6.07, 6.45) is 3.35. The smallest absolute Gasteiger partial charge is 0.319 e. The van der Waals surface area contributed by atoms with E-state index < -0.39 is 0 Å². The van der Waals surface area contributed by atoms with Crippen molar-refractivity contribution in [2.45, 2.75) is 52.1 Å². The van der Waals surface area contributed by atoms with E-state index in [1.165, 1.54) is 5.56 Å².